The Hall–Kier alpha value is -10.2. The first-order chi connectivity index (χ1) is 37.2. The Balaban J connectivity index is 1.01. The Kier molecular flexibility index (Phi) is 8.94. The third-order valence-corrected chi connectivity index (χ3v) is 15.5. The van der Waals surface area contributed by atoms with Crippen molar-refractivity contribution in [2.24, 2.45) is 0 Å². The van der Waals surface area contributed by atoms with Gasteiger partial charge in [-0.15, -0.1) is 0 Å². The molecule has 4 aromatic heterocycles. The van der Waals surface area contributed by atoms with Crippen LogP contribution in [0.15, 0.2) is 255 Å². The van der Waals surface area contributed by atoms with E-state index < -0.39 is 0 Å². The fourth-order valence-electron chi connectivity index (χ4n) is 12.3. The highest BCUT2D eigenvalue weighted by Gasteiger charge is 2.26. The summed E-state index contributed by atoms with van der Waals surface area (Å²) in [5, 5.41) is 14.3. The second kappa shape index (κ2) is 16.2. The van der Waals surface area contributed by atoms with Crippen LogP contribution in [0.5, 0.6) is 0 Å². The van der Waals surface area contributed by atoms with E-state index >= 15 is 0 Å². The molecule has 0 aliphatic carbocycles. The van der Waals surface area contributed by atoms with E-state index in [2.05, 4.69) is 250 Å². The summed E-state index contributed by atoms with van der Waals surface area (Å²) in [5.41, 5.74) is 12.6. The second-order valence-electron chi connectivity index (χ2n) is 19.5. The molecule has 0 bridgehead atoms. The van der Waals surface area contributed by atoms with Crippen molar-refractivity contribution in [3.63, 3.8) is 0 Å². The molecule has 0 amide bonds. The van der Waals surface area contributed by atoms with Gasteiger partial charge in [0.25, 0.3) is 0 Å². The third kappa shape index (κ3) is 6.11. The zero-order valence-electron chi connectivity index (χ0n) is 40.4. The topological polar surface area (TPSA) is 53.5 Å². The van der Waals surface area contributed by atoms with Gasteiger partial charge in [0, 0.05) is 54.7 Å². The van der Waals surface area contributed by atoms with Crippen LogP contribution < -0.4 is 0 Å². The molecule has 0 saturated carbocycles. The molecule has 4 heterocycles. The highest BCUT2D eigenvalue weighted by atomic mass is 15.2. The van der Waals surface area contributed by atoms with Gasteiger partial charge in [-0.2, -0.15) is 9.97 Å². The SMILES string of the molecule is c1ccc(-c2nc(-c3cccc4c5ccccc5n(-c5ccccc5)c34)nc(-n3c4ccccc4c4ccc5c6ccccc6n(-c6ccccc6-c6ccc7c8ccccc8c8ccccc8c7c6)c5c43)n2)cc1. The van der Waals surface area contributed by atoms with Gasteiger partial charge in [0.15, 0.2) is 11.6 Å². The van der Waals surface area contributed by atoms with Gasteiger partial charge in [-0.1, -0.05) is 206 Å². The average Bonchev–Trinajstić information content (AvgIpc) is 4.14. The molecular weight excluding hydrogens is 913 g/mol. The van der Waals surface area contributed by atoms with Crippen molar-refractivity contribution >= 4 is 97.7 Å². The van der Waals surface area contributed by atoms with Gasteiger partial charge in [0.1, 0.15) is 0 Å². The lowest BCUT2D eigenvalue weighted by molar-refractivity contribution is 0.953. The summed E-state index contributed by atoms with van der Waals surface area (Å²) in [4.78, 5) is 16.6. The van der Waals surface area contributed by atoms with E-state index in [0.717, 1.165) is 88.3 Å². The van der Waals surface area contributed by atoms with Crippen molar-refractivity contribution in [1.29, 1.82) is 0 Å². The van der Waals surface area contributed by atoms with Crippen LogP contribution in [0, 0.1) is 0 Å². The quantitative estimate of drug-likeness (QED) is 0.156. The van der Waals surface area contributed by atoms with Gasteiger partial charge in [-0.05, 0) is 86.4 Å². The molecule has 0 aliphatic rings. The third-order valence-electron chi connectivity index (χ3n) is 15.5. The minimum Gasteiger partial charge on any atom is -0.309 e. The number of rotatable bonds is 6. The van der Waals surface area contributed by atoms with E-state index in [-0.39, 0.29) is 0 Å². The van der Waals surface area contributed by atoms with Crippen LogP contribution >= 0.6 is 0 Å². The maximum absolute atomic E-state index is 5.65. The van der Waals surface area contributed by atoms with Crippen LogP contribution in [0.4, 0.5) is 0 Å². The van der Waals surface area contributed by atoms with Gasteiger partial charge >= 0.3 is 0 Å². The van der Waals surface area contributed by atoms with Crippen LogP contribution in [0.1, 0.15) is 0 Å². The molecule has 0 saturated heterocycles. The molecular formula is C69H42N6. The van der Waals surface area contributed by atoms with Crippen molar-refractivity contribution in [3.05, 3.63) is 255 Å². The number of aromatic nitrogens is 6. The number of hydrogen-bond acceptors (Lipinski definition) is 3. The monoisotopic (exact) mass is 954 g/mol. The Labute approximate surface area is 430 Å². The zero-order valence-corrected chi connectivity index (χ0v) is 40.4. The highest BCUT2D eigenvalue weighted by Crippen LogP contribution is 2.45. The Morgan fingerprint density at radius 3 is 1.33 bits per heavy atom. The lowest BCUT2D eigenvalue weighted by atomic mass is 9.92. The van der Waals surface area contributed by atoms with E-state index in [1.54, 1.807) is 0 Å². The minimum atomic E-state index is 0.538. The summed E-state index contributed by atoms with van der Waals surface area (Å²) in [5.74, 6) is 1.72. The Morgan fingerprint density at radius 1 is 0.240 bits per heavy atom. The van der Waals surface area contributed by atoms with Gasteiger partial charge in [-0.25, -0.2) is 4.98 Å². The summed E-state index contributed by atoms with van der Waals surface area (Å²) in [7, 11) is 0. The van der Waals surface area contributed by atoms with E-state index in [9.17, 15) is 0 Å². The number of hydrogen-bond donors (Lipinski definition) is 0. The second-order valence-corrected chi connectivity index (χ2v) is 19.5. The molecule has 12 aromatic carbocycles. The molecule has 0 radical (unpaired) electrons. The van der Waals surface area contributed by atoms with Crippen LogP contribution in [0.3, 0.4) is 0 Å². The van der Waals surface area contributed by atoms with Crippen LogP contribution in [-0.4, -0.2) is 28.7 Å². The Morgan fingerprint density at radius 2 is 0.680 bits per heavy atom. The molecule has 0 fully saturated rings. The largest absolute Gasteiger partial charge is 0.309 e. The molecule has 16 rings (SSSR count). The normalized spacial score (nSPS) is 12.0. The van der Waals surface area contributed by atoms with Crippen molar-refractivity contribution in [1.82, 2.24) is 28.7 Å². The van der Waals surface area contributed by atoms with E-state index in [1.165, 1.54) is 43.1 Å². The lowest BCUT2D eigenvalue weighted by Crippen LogP contribution is -2.08. The number of fused-ring (bicyclic) bond motifs is 16. The number of benzene rings is 12. The van der Waals surface area contributed by atoms with E-state index in [1.807, 2.05) is 18.2 Å². The van der Waals surface area contributed by atoms with Gasteiger partial charge < -0.3 is 9.13 Å². The molecule has 75 heavy (non-hydrogen) atoms. The molecule has 0 atom stereocenters. The molecule has 0 N–H and O–H groups in total. The zero-order chi connectivity index (χ0) is 49.1. The minimum absolute atomic E-state index is 0.538. The molecule has 16 aromatic rings. The number of para-hydroxylation sites is 6. The van der Waals surface area contributed by atoms with Gasteiger partial charge in [0.05, 0.1) is 38.8 Å². The first-order valence-corrected chi connectivity index (χ1v) is 25.5. The predicted molar refractivity (Wildman–Crippen MR) is 312 cm³/mol. The van der Waals surface area contributed by atoms with E-state index in [0.29, 0.717) is 17.6 Å². The average molecular weight is 955 g/mol. The molecule has 6 nitrogen and oxygen atoms in total. The molecule has 0 spiro atoms. The smallest absolute Gasteiger partial charge is 0.238 e. The van der Waals surface area contributed by atoms with Crippen LogP contribution in [0.25, 0.3) is 149 Å². The summed E-state index contributed by atoms with van der Waals surface area (Å²) in [6.07, 6.45) is 0. The molecule has 0 unspecified atom stereocenters. The van der Waals surface area contributed by atoms with Crippen LogP contribution in [0.2, 0.25) is 0 Å². The summed E-state index contributed by atoms with van der Waals surface area (Å²) in [6.45, 7) is 0. The van der Waals surface area contributed by atoms with Gasteiger partial charge in [0.2, 0.25) is 5.95 Å². The van der Waals surface area contributed by atoms with Gasteiger partial charge in [-0.3, -0.25) is 4.57 Å². The first-order valence-electron chi connectivity index (χ1n) is 25.5. The Bertz CT molecular complexity index is 4970. The van der Waals surface area contributed by atoms with Crippen molar-refractivity contribution < 1.29 is 0 Å². The summed E-state index contributed by atoms with van der Waals surface area (Å²) >= 11 is 0. The summed E-state index contributed by atoms with van der Waals surface area (Å²) < 4.78 is 7.13. The summed E-state index contributed by atoms with van der Waals surface area (Å²) in [6, 6.07) is 91.6. The predicted octanol–water partition coefficient (Wildman–Crippen LogP) is 17.6. The molecule has 348 valence electrons. The fourth-order valence-corrected chi connectivity index (χ4v) is 12.3. The van der Waals surface area contributed by atoms with Crippen molar-refractivity contribution in [2.75, 3.05) is 0 Å². The van der Waals surface area contributed by atoms with Crippen molar-refractivity contribution in [2.45, 2.75) is 0 Å². The van der Waals surface area contributed by atoms with E-state index in [4.69, 9.17) is 15.0 Å². The van der Waals surface area contributed by atoms with Crippen LogP contribution in [-0.2, 0) is 0 Å². The first kappa shape index (κ1) is 41.4. The molecule has 6 heteroatoms. The van der Waals surface area contributed by atoms with Crippen molar-refractivity contribution in [3.8, 4) is 51.2 Å². The number of nitrogens with zero attached hydrogens (tertiary/aromatic N) is 6. The lowest BCUT2D eigenvalue weighted by Gasteiger charge is -2.17. The molecule has 0 aliphatic heterocycles. The fraction of sp³-hybridized carbons (Fsp3) is 0. The highest BCUT2D eigenvalue weighted by molar-refractivity contribution is 6.27. The maximum atomic E-state index is 5.65. The standard InChI is InChI=1S/C69H42N6/c1-3-20-43(21-4-1)67-70-68(58-33-19-32-55-52-29-12-16-35-61(52)73(64(55)58)45-22-5-2-6-23-45)72-69(71-67)75-63-37-18-14-31-54(63)57-41-40-56-53-30-13-17-36-62(53)74(65(56)66(57)75)60-34-15-11-24-46(60)44-38-39-51-49-27-8-7-25-47(49)48-26-9-10-28-50(48)59(51)42-44/h1-42H. The maximum Gasteiger partial charge on any atom is 0.238 e.